The lowest BCUT2D eigenvalue weighted by atomic mass is 9.85. The van der Waals surface area contributed by atoms with Crippen LogP contribution in [-0.4, -0.2) is 37.2 Å². The lowest BCUT2D eigenvalue weighted by Crippen LogP contribution is -2.68. The second-order valence-corrected chi connectivity index (χ2v) is 8.99. The molecule has 29 heavy (non-hydrogen) atoms. The van der Waals surface area contributed by atoms with E-state index in [0.717, 1.165) is 23.1 Å². The van der Waals surface area contributed by atoms with Crippen LogP contribution >= 0.6 is 11.6 Å². The van der Waals surface area contributed by atoms with Gasteiger partial charge < -0.3 is 4.90 Å². The molecule has 1 saturated heterocycles. The van der Waals surface area contributed by atoms with E-state index < -0.39 is 45.4 Å². The molecule has 3 rings (SSSR count). The molecule has 1 heterocycles. The zero-order chi connectivity index (χ0) is 21.4. The Kier molecular flexibility index (Phi) is 5.64. The molecule has 1 aliphatic heterocycles. The zero-order valence-electron chi connectivity index (χ0n) is 15.3. The number of carbonyl (C=O) groups excluding carboxylic acids is 2. The van der Waals surface area contributed by atoms with E-state index in [0.29, 0.717) is 5.02 Å². The van der Waals surface area contributed by atoms with Crippen LogP contribution in [0.1, 0.15) is 18.9 Å². The van der Waals surface area contributed by atoms with Crippen LogP contribution in [0.3, 0.4) is 0 Å². The highest BCUT2D eigenvalue weighted by Crippen LogP contribution is 2.32. The van der Waals surface area contributed by atoms with Gasteiger partial charge in [-0.25, -0.2) is 21.9 Å². The van der Waals surface area contributed by atoms with Gasteiger partial charge in [0.25, 0.3) is 15.9 Å². The lowest BCUT2D eigenvalue weighted by molar-refractivity contribution is -0.156. The summed E-state index contributed by atoms with van der Waals surface area (Å²) in [6, 6.07) is 8.00. The van der Waals surface area contributed by atoms with Crippen LogP contribution < -0.4 is 4.72 Å². The fourth-order valence-electron chi connectivity index (χ4n) is 3.04. The van der Waals surface area contributed by atoms with E-state index in [-0.39, 0.29) is 23.4 Å². The largest absolute Gasteiger partial charge is 0.328 e. The zero-order valence-corrected chi connectivity index (χ0v) is 16.9. The predicted octanol–water partition coefficient (Wildman–Crippen LogP) is 2.66. The first kappa shape index (κ1) is 21.2. The summed E-state index contributed by atoms with van der Waals surface area (Å²) in [4.78, 5) is 26.2. The third kappa shape index (κ3) is 4.25. The summed E-state index contributed by atoms with van der Waals surface area (Å²) in [6.45, 7) is 1.61. The molecule has 1 aliphatic rings. The van der Waals surface area contributed by atoms with Crippen molar-refractivity contribution in [3.05, 3.63) is 64.7 Å². The van der Waals surface area contributed by atoms with Crippen LogP contribution in [0, 0.1) is 11.6 Å². The van der Waals surface area contributed by atoms with Gasteiger partial charge >= 0.3 is 0 Å². The summed E-state index contributed by atoms with van der Waals surface area (Å²) >= 11 is 5.74. The minimum atomic E-state index is -4.16. The molecule has 0 bridgehead atoms. The number of benzene rings is 2. The molecule has 0 aromatic heterocycles. The van der Waals surface area contributed by atoms with Crippen molar-refractivity contribution in [2.24, 2.45) is 0 Å². The van der Waals surface area contributed by atoms with Gasteiger partial charge in [-0.2, -0.15) is 0 Å². The molecule has 0 aliphatic carbocycles. The molecule has 2 amide bonds. The Labute approximate surface area is 171 Å². The number of hydrogen-bond acceptors (Lipinski definition) is 4. The second-order valence-electron chi connectivity index (χ2n) is 6.87. The number of hydrogen-bond donors (Lipinski definition) is 1. The van der Waals surface area contributed by atoms with E-state index in [2.05, 4.69) is 0 Å². The summed E-state index contributed by atoms with van der Waals surface area (Å²) < 4.78 is 53.9. The average Bonchev–Trinajstić information content (AvgIpc) is 2.63. The molecule has 2 aromatic rings. The molecule has 1 N–H and O–H groups in total. The lowest BCUT2D eigenvalue weighted by Gasteiger charge is -2.49. The first-order valence-electron chi connectivity index (χ1n) is 8.60. The maximum Gasteiger partial charge on any atom is 0.264 e. The molecule has 0 saturated carbocycles. The van der Waals surface area contributed by atoms with E-state index >= 15 is 0 Å². The Morgan fingerprint density at radius 2 is 1.83 bits per heavy atom. The van der Waals surface area contributed by atoms with E-state index in [1.807, 2.05) is 4.72 Å². The Bertz CT molecular complexity index is 1080. The standard InChI is InChI=1S/C19H17ClF2N2O4S/c1-19(18(26)23-29(27,28)15-5-2-13(20)3-6-15)8-9-24(19)17(25)11-12-10-14(21)4-7-16(12)22/h2-7,10H,8-9,11H2,1H3,(H,23,26). The third-order valence-corrected chi connectivity index (χ3v) is 6.51. The van der Waals surface area contributed by atoms with Crippen LogP contribution in [0.5, 0.6) is 0 Å². The number of sulfonamides is 1. The minimum absolute atomic E-state index is 0.140. The van der Waals surface area contributed by atoms with Crippen molar-refractivity contribution in [2.75, 3.05) is 6.54 Å². The van der Waals surface area contributed by atoms with Gasteiger partial charge in [0.15, 0.2) is 0 Å². The van der Waals surface area contributed by atoms with E-state index in [1.165, 1.54) is 31.2 Å². The molecule has 0 spiro atoms. The maximum atomic E-state index is 13.8. The number of amides is 2. The van der Waals surface area contributed by atoms with E-state index in [1.54, 1.807) is 0 Å². The van der Waals surface area contributed by atoms with Crippen molar-refractivity contribution in [1.29, 1.82) is 0 Å². The summed E-state index contributed by atoms with van der Waals surface area (Å²) in [7, 11) is -4.16. The Morgan fingerprint density at radius 3 is 2.41 bits per heavy atom. The normalized spacial score (nSPS) is 18.8. The molecule has 10 heteroatoms. The smallest absolute Gasteiger partial charge is 0.264 e. The van der Waals surface area contributed by atoms with Gasteiger partial charge in [-0.1, -0.05) is 11.6 Å². The fourth-order valence-corrected chi connectivity index (χ4v) is 4.24. The third-order valence-electron chi connectivity index (χ3n) is 4.91. The monoisotopic (exact) mass is 442 g/mol. The van der Waals surface area contributed by atoms with Crippen molar-refractivity contribution in [3.63, 3.8) is 0 Å². The number of rotatable bonds is 5. The van der Waals surface area contributed by atoms with Crippen molar-refractivity contribution in [2.45, 2.75) is 30.2 Å². The predicted molar refractivity (Wildman–Crippen MR) is 102 cm³/mol. The Hall–Kier alpha value is -2.52. The number of carbonyl (C=O) groups is 2. The van der Waals surface area contributed by atoms with Crippen LogP contribution in [-0.2, 0) is 26.0 Å². The summed E-state index contributed by atoms with van der Waals surface area (Å²) in [5.74, 6) is -2.92. The summed E-state index contributed by atoms with van der Waals surface area (Å²) in [5, 5.41) is 0.336. The van der Waals surface area contributed by atoms with Crippen molar-refractivity contribution in [3.8, 4) is 0 Å². The van der Waals surface area contributed by atoms with Gasteiger partial charge in [-0.15, -0.1) is 0 Å². The Morgan fingerprint density at radius 1 is 1.17 bits per heavy atom. The first-order chi connectivity index (χ1) is 13.5. The van der Waals surface area contributed by atoms with E-state index in [4.69, 9.17) is 11.6 Å². The van der Waals surface area contributed by atoms with Crippen LogP contribution in [0.15, 0.2) is 47.4 Å². The van der Waals surface area contributed by atoms with Crippen molar-refractivity contribution in [1.82, 2.24) is 9.62 Å². The topological polar surface area (TPSA) is 83.6 Å². The fraction of sp³-hybridized carbons (Fsp3) is 0.263. The molecule has 6 nitrogen and oxygen atoms in total. The SMILES string of the molecule is CC1(C(=O)NS(=O)(=O)c2ccc(Cl)cc2)CCN1C(=O)Cc1cc(F)ccc1F. The molecule has 1 fully saturated rings. The van der Waals surface area contributed by atoms with Gasteiger partial charge in [0.1, 0.15) is 17.2 Å². The van der Waals surface area contributed by atoms with E-state index in [9.17, 15) is 26.8 Å². The molecule has 1 atom stereocenters. The van der Waals surface area contributed by atoms with Gasteiger partial charge in [0, 0.05) is 17.1 Å². The highest BCUT2D eigenvalue weighted by molar-refractivity contribution is 7.90. The quantitative estimate of drug-likeness (QED) is 0.771. The Balaban J connectivity index is 1.74. The molecule has 2 aromatic carbocycles. The van der Waals surface area contributed by atoms with Gasteiger partial charge in [-0.05, 0) is 55.8 Å². The maximum absolute atomic E-state index is 13.8. The van der Waals surface area contributed by atoms with Crippen LogP contribution in [0.2, 0.25) is 5.02 Å². The average molecular weight is 443 g/mol. The number of halogens is 3. The molecular weight excluding hydrogens is 426 g/mol. The first-order valence-corrected chi connectivity index (χ1v) is 10.5. The van der Waals surface area contributed by atoms with Crippen molar-refractivity contribution < 1.29 is 26.8 Å². The number of nitrogens with zero attached hydrogens (tertiary/aromatic N) is 1. The highest BCUT2D eigenvalue weighted by Gasteiger charge is 2.50. The minimum Gasteiger partial charge on any atom is -0.328 e. The second kappa shape index (κ2) is 7.72. The molecular formula is C19H17ClF2N2O4S. The number of likely N-dealkylation sites (tertiary alicyclic amines) is 1. The van der Waals surface area contributed by atoms with Gasteiger partial charge in [0.05, 0.1) is 11.3 Å². The van der Waals surface area contributed by atoms with Crippen LogP contribution in [0.25, 0.3) is 0 Å². The molecule has 154 valence electrons. The molecule has 1 unspecified atom stereocenters. The highest BCUT2D eigenvalue weighted by atomic mass is 35.5. The molecule has 0 radical (unpaired) electrons. The number of nitrogens with one attached hydrogen (secondary N) is 1. The summed E-state index contributed by atoms with van der Waals surface area (Å²) in [6.07, 6.45) is -0.220. The summed E-state index contributed by atoms with van der Waals surface area (Å²) in [5.41, 5.74) is -1.56. The van der Waals surface area contributed by atoms with Gasteiger partial charge in [-0.3, -0.25) is 9.59 Å². The van der Waals surface area contributed by atoms with Gasteiger partial charge in [0.2, 0.25) is 5.91 Å². The van der Waals surface area contributed by atoms with Crippen LogP contribution in [0.4, 0.5) is 8.78 Å². The van der Waals surface area contributed by atoms with Crippen molar-refractivity contribution >= 4 is 33.4 Å².